The highest BCUT2D eigenvalue weighted by Gasteiger charge is 2.27. The summed E-state index contributed by atoms with van der Waals surface area (Å²) in [7, 11) is 0. The van der Waals surface area contributed by atoms with Gasteiger partial charge in [0.15, 0.2) is 6.61 Å². The van der Waals surface area contributed by atoms with Gasteiger partial charge in [0.1, 0.15) is 12.3 Å². The van der Waals surface area contributed by atoms with E-state index in [2.05, 4.69) is 15.9 Å². The van der Waals surface area contributed by atoms with Gasteiger partial charge in [-0.3, -0.25) is 4.79 Å². The van der Waals surface area contributed by atoms with E-state index in [-0.39, 0.29) is 6.04 Å². The quantitative estimate of drug-likeness (QED) is 0.810. The van der Waals surface area contributed by atoms with Crippen molar-refractivity contribution >= 4 is 21.8 Å². The minimum Gasteiger partial charge on any atom is -0.482 e. The third-order valence-corrected chi connectivity index (χ3v) is 3.05. The van der Waals surface area contributed by atoms with Gasteiger partial charge in [-0.2, -0.15) is 13.2 Å². The number of para-hydroxylation sites is 1. The number of rotatable bonds is 6. The normalized spacial score (nSPS) is 12.9. The molecule has 0 spiro atoms. The van der Waals surface area contributed by atoms with Crippen LogP contribution in [0.4, 0.5) is 13.2 Å². The summed E-state index contributed by atoms with van der Waals surface area (Å²) in [6, 6.07) is 5.18. The van der Waals surface area contributed by atoms with E-state index in [4.69, 9.17) is 10.5 Å². The number of hydrogen-bond acceptors (Lipinski definition) is 3. The van der Waals surface area contributed by atoms with Crippen LogP contribution in [0.25, 0.3) is 0 Å². The molecule has 1 atom stereocenters. The number of ether oxygens (including phenoxy) is 1. The molecule has 21 heavy (non-hydrogen) atoms. The monoisotopic (exact) mass is 368 g/mol. The maximum atomic E-state index is 12.0. The number of nitrogens with two attached hydrogens (primary N) is 1. The minimum absolute atomic E-state index is 0.110. The molecule has 0 aliphatic rings. The topological polar surface area (TPSA) is 64.3 Å². The van der Waals surface area contributed by atoms with Crippen LogP contribution in [0, 0.1) is 0 Å². The van der Waals surface area contributed by atoms with Crippen molar-refractivity contribution in [3.63, 3.8) is 0 Å². The van der Waals surface area contributed by atoms with Crippen LogP contribution in [-0.2, 0) is 11.2 Å². The zero-order valence-corrected chi connectivity index (χ0v) is 12.9. The summed E-state index contributed by atoms with van der Waals surface area (Å²) in [5.41, 5.74) is 6.50. The number of amides is 1. The summed E-state index contributed by atoms with van der Waals surface area (Å²) < 4.78 is 41.9. The molecular formula is C13H16BrF3N2O2. The number of carbonyl (C=O) groups is 1. The maximum Gasteiger partial charge on any atom is 0.405 e. The lowest BCUT2D eigenvalue weighted by molar-refractivity contribution is -0.139. The smallest absolute Gasteiger partial charge is 0.405 e. The van der Waals surface area contributed by atoms with Crippen LogP contribution >= 0.6 is 15.9 Å². The van der Waals surface area contributed by atoms with Gasteiger partial charge in [0.05, 0.1) is 4.47 Å². The summed E-state index contributed by atoms with van der Waals surface area (Å²) in [5, 5.41) is 1.74. The Morgan fingerprint density at radius 1 is 1.48 bits per heavy atom. The van der Waals surface area contributed by atoms with E-state index >= 15 is 0 Å². The van der Waals surface area contributed by atoms with Crippen molar-refractivity contribution in [2.75, 3.05) is 13.2 Å². The summed E-state index contributed by atoms with van der Waals surface area (Å²) >= 11 is 3.28. The Hall–Kier alpha value is -1.28. The van der Waals surface area contributed by atoms with E-state index in [1.165, 1.54) is 0 Å². The van der Waals surface area contributed by atoms with Gasteiger partial charge in [0, 0.05) is 6.04 Å². The predicted molar refractivity (Wildman–Crippen MR) is 76.1 cm³/mol. The van der Waals surface area contributed by atoms with Gasteiger partial charge in [-0.25, -0.2) is 0 Å². The third kappa shape index (κ3) is 6.81. The summed E-state index contributed by atoms with van der Waals surface area (Å²) in [4.78, 5) is 11.3. The second-order valence-electron chi connectivity index (χ2n) is 4.59. The Balaban J connectivity index is 2.64. The average Bonchev–Trinajstić information content (AvgIpc) is 2.34. The Morgan fingerprint density at radius 3 is 2.71 bits per heavy atom. The lowest BCUT2D eigenvalue weighted by Crippen LogP contribution is -2.36. The minimum atomic E-state index is -4.44. The number of alkyl halides is 3. The number of carbonyl (C=O) groups excluding carboxylic acids is 1. The van der Waals surface area contributed by atoms with Crippen LogP contribution in [-0.4, -0.2) is 31.3 Å². The molecule has 8 heteroatoms. The first kappa shape index (κ1) is 17.8. The number of nitrogens with one attached hydrogen (secondary N) is 1. The molecule has 1 unspecified atom stereocenters. The molecule has 0 saturated carbocycles. The number of benzene rings is 1. The summed E-state index contributed by atoms with van der Waals surface area (Å²) in [6.45, 7) is -0.0524. The van der Waals surface area contributed by atoms with Crippen LogP contribution in [0.3, 0.4) is 0 Å². The maximum absolute atomic E-state index is 12.0. The van der Waals surface area contributed by atoms with Crippen LogP contribution in [0.5, 0.6) is 5.75 Å². The molecule has 1 amide bonds. The molecule has 0 aliphatic heterocycles. The summed E-state index contributed by atoms with van der Waals surface area (Å²) in [5.74, 6) is -0.424. The van der Waals surface area contributed by atoms with Crippen molar-refractivity contribution in [1.29, 1.82) is 0 Å². The first-order chi connectivity index (χ1) is 9.69. The number of hydrogen-bond donors (Lipinski definition) is 2. The molecule has 0 bridgehead atoms. The Kier molecular flexibility index (Phi) is 6.47. The molecule has 0 fully saturated rings. The fraction of sp³-hybridized carbons (Fsp3) is 0.462. The third-order valence-electron chi connectivity index (χ3n) is 2.42. The molecule has 1 aromatic rings. The molecular weight excluding hydrogens is 353 g/mol. The van der Waals surface area contributed by atoms with Crippen molar-refractivity contribution in [2.24, 2.45) is 5.73 Å². The van der Waals surface area contributed by atoms with Gasteiger partial charge in [0.2, 0.25) is 0 Å². The zero-order valence-electron chi connectivity index (χ0n) is 11.3. The van der Waals surface area contributed by atoms with Crippen molar-refractivity contribution in [3.8, 4) is 5.75 Å². The van der Waals surface area contributed by atoms with Gasteiger partial charge >= 0.3 is 6.18 Å². The Bertz CT molecular complexity index is 493. The lowest BCUT2D eigenvalue weighted by Gasteiger charge is -2.15. The van der Waals surface area contributed by atoms with Gasteiger partial charge in [-0.05, 0) is 40.9 Å². The molecule has 118 valence electrons. The van der Waals surface area contributed by atoms with Crippen LogP contribution < -0.4 is 15.8 Å². The predicted octanol–water partition coefficient (Wildman–Crippen LogP) is 2.40. The van der Waals surface area contributed by atoms with Gasteiger partial charge in [0.25, 0.3) is 5.91 Å². The van der Waals surface area contributed by atoms with Crippen LogP contribution in [0.2, 0.25) is 0 Å². The first-order valence-electron chi connectivity index (χ1n) is 6.18. The second-order valence-corrected chi connectivity index (χ2v) is 5.44. The van der Waals surface area contributed by atoms with E-state index < -0.39 is 25.2 Å². The molecule has 0 radical (unpaired) electrons. The van der Waals surface area contributed by atoms with Gasteiger partial charge in [-0.15, -0.1) is 0 Å². The van der Waals surface area contributed by atoms with Gasteiger partial charge in [-0.1, -0.05) is 12.1 Å². The second kappa shape index (κ2) is 7.65. The van der Waals surface area contributed by atoms with Crippen molar-refractivity contribution in [1.82, 2.24) is 5.32 Å². The standard InChI is InChI=1S/C13H16BrF3N2O2/c1-8(18)5-9-3-2-4-10(14)12(9)21-6-11(20)19-7-13(15,16)17/h2-4,8H,5-7,18H2,1H3,(H,19,20). The molecule has 0 saturated heterocycles. The van der Waals surface area contributed by atoms with Gasteiger partial charge < -0.3 is 15.8 Å². The SMILES string of the molecule is CC(N)Cc1cccc(Br)c1OCC(=O)NCC(F)(F)F. The highest BCUT2D eigenvalue weighted by atomic mass is 79.9. The number of halogens is 4. The zero-order chi connectivity index (χ0) is 16.0. The lowest BCUT2D eigenvalue weighted by atomic mass is 10.1. The molecule has 3 N–H and O–H groups in total. The molecule has 0 heterocycles. The van der Waals surface area contributed by atoms with E-state index in [9.17, 15) is 18.0 Å². The highest BCUT2D eigenvalue weighted by Crippen LogP contribution is 2.29. The fourth-order valence-corrected chi connectivity index (χ4v) is 2.13. The van der Waals surface area contributed by atoms with Crippen LogP contribution in [0.1, 0.15) is 12.5 Å². The highest BCUT2D eigenvalue weighted by molar-refractivity contribution is 9.10. The Labute approximate surface area is 129 Å². The molecule has 0 aliphatic carbocycles. The van der Waals surface area contributed by atoms with E-state index in [0.717, 1.165) is 5.56 Å². The van der Waals surface area contributed by atoms with Crippen molar-refractivity contribution < 1.29 is 22.7 Å². The van der Waals surface area contributed by atoms with E-state index in [1.54, 1.807) is 23.5 Å². The Morgan fingerprint density at radius 2 is 2.14 bits per heavy atom. The molecule has 0 aromatic heterocycles. The first-order valence-corrected chi connectivity index (χ1v) is 6.97. The largest absolute Gasteiger partial charge is 0.482 e. The fourth-order valence-electron chi connectivity index (χ4n) is 1.61. The van der Waals surface area contributed by atoms with Crippen molar-refractivity contribution in [2.45, 2.75) is 25.6 Å². The van der Waals surface area contributed by atoms with Crippen molar-refractivity contribution in [3.05, 3.63) is 28.2 Å². The molecule has 4 nitrogen and oxygen atoms in total. The summed E-state index contributed by atoms with van der Waals surface area (Å²) in [6.07, 6.45) is -3.91. The average molecular weight is 369 g/mol. The molecule has 1 rings (SSSR count). The molecule has 1 aromatic carbocycles. The van der Waals surface area contributed by atoms with E-state index in [0.29, 0.717) is 16.6 Å². The van der Waals surface area contributed by atoms with Crippen LogP contribution in [0.15, 0.2) is 22.7 Å². The van der Waals surface area contributed by atoms with E-state index in [1.807, 2.05) is 6.92 Å².